The predicted octanol–water partition coefficient (Wildman–Crippen LogP) is 6.16. The van der Waals surface area contributed by atoms with E-state index in [1.165, 1.54) is 0 Å². The third-order valence-electron chi connectivity index (χ3n) is 4.85. The Labute approximate surface area is 176 Å². The SMILES string of the molecule is C=C/C(C)=C\C=C\c1cnc2c(-c3ccc(C)c[nH][nH]c3O)cc(C)c(OC)c2c1. The van der Waals surface area contributed by atoms with Crippen molar-refractivity contribution in [3.8, 4) is 22.8 Å². The number of benzene rings is 1. The number of H-pyrrole nitrogens is 2. The fourth-order valence-corrected chi connectivity index (χ4v) is 3.22. The van der Waals surface area contributed by atoms with Gasteiger partial charge < -0.3 is 14.9 Å². The molecule has 0 spiro atoms. The van der Waals surface area contributed by atoms with Crippen molar-refractivity contribution >= 4 is 17.0 Å². The summed E-state index contributed by atoms with van der Waals surface area (Å²) in [7, 11) is 1.66. The number of aromatic amines is 2. The number of pyridine rings is 1. The number of nitrogens with zero attached hydrogens (tertiary/aromatic N) is 1. The van der Waals surface area contributed by atoms with Crippen molar-refractivity contribution in [2.75, 3.05) is 7.11 Å². The summed E-state index contributed by atoms with van der Waals surface area (Å²) in [4.78, 5) is 4.72. The molecule has 0 saturated carbocycles. The van der Waals surface area contributed by atoms with Crippen LogP contribution in [0, 0.1) is 13.8 Å². The van der Waals surface area contributed by atoms with E-state index in [0.717, 1.165) is 44.5 Å². The van der Waals surface area contributed by atoms with Crippen LogP contribution in [-0.4, -0.2) is 27.4 Å². The lowest BCUT2D eigenvalue weighted by atomic mass is 9.98. The highest BCUT2D eigenvalue weighted by Crippen LogP contribution is 2.38. The molecule has 5 nitrogen and oxygen atoms in total. The Morgan fingerprint density at radius 3 is 2.73 bits per heavy atom. The summed E-state index contributed by atoms with van der Waals surface area (Å²) < 4.78 is 5.68. The van der Waals surface area contributed by atoms with Crippen LogP contribution in [0.1, 0.15) is 23.6 Å². The maximum Gasteiger partial charge on any atom is 0.211 e. The summed E-state index contributed by atoms with van der Waals surface area (Å²) in [5.41, 5.74) is 6.23. The van der Waals surface area contributed by atoms with E-state index in [4.69, 9.17) is 9.72 Å². The van der Waals surface area contributed by atoms with Crippen LogP contribution < -0.4 is 4.74 Å². The van der Waals surface area contributed by atoms with Gasteiger partial charge >= 0.3 is 0 Å². The van der Waals surface area contributed by atoms with Crippen LogP contribution >= 0.6 is 0 Å². The second-order valence-corrected chi connectivity index (χ2v) is 7.17. The average Bonchev–Trinajstić information content (AvgIpc) is 2.72. The number of aromatic hydroxyl groups is 1. The van der Waals surface area contributed by atoms with E-state index >= 15 is 0 Å². The van der Waals surface area contributed by atoms with Crippen LogP contribution in [0.25, 0.3) is 28.1 Å². The van der Waals surface area contributed by atoms with Crippen molar-refractivity contribution in [2.24, 2.45) is 0 Å². The third kappa shape index (κ3) is 4.46. The van der Waals surface area contributed by atoms with Crippen LogP contribution in [0.15, 0.2) is 67.0 Å². The Bertz CT molecular complexity index is 1190. The summed E-state index contributed by atoms with van der Waals surface area (Å²) >= 11 is 0. The molecule has 3 rings (SSSR count). The minimum absolute atomic E-state index is 0.0247. The zero-order valence-electron chi connectivity index (χ0n) is 17.8. The van der Waals surface area contributed by atoms with Crippen LogP contribution in [-0.2, 0) is 0 Å². The fraction of sp³-hybridized carbons (Fsp3) is 0.160. The maximum absolute atomic E-state index is 10.6. The molecule has 0 fully saturated rings. The summed E-state index contributed by atoms with van der Waals surface area (Å²) in [5, 5.41) is 17.1. The van der Waals surface area contributed by atoms with Gasteiger partial charge in [0.05, 0.1) is 12.6 Å². The molecule has 0 amide bonds. The lowest BCUT2D eigenvalue weighted by Gasteiger charge is -2.14. The summed E-state index contributed by atoms with van der Waals surface area (Å²) in [6, 6.07) is 7.86. The smallest absolute Gasteiger partial charge is 0.211 e. The van der Waals surface area contributed by atoms with E-state index in [-0.39, 0.29) is 5.88 Å². The van der Waals surface area contributed by atoms with Gasteiger partial charge in [-0.05, 0) is 55.7 Å². The molecule has 1 aromatic carbocycles. The molecule has 0 atom stereocenters. The third-order valence-corrected chi connectivity index (χ3v) is 4.85. The van der Waals surface area contributed by atoms with Crippen molar-refractivity contribution in [3.63, 3.8) is 0 Å². The molecule has 0 bridgehead atoms. The molecular formula is C25H27N3O2. The van der Waals surface area contributed by atoms with E-state index in [1.54, 1.807) is 13.3 Å². The van der Waals surface area contributed by atoms with Crippen LogP contribution in [0.4, 0.5) is 0 Å². The second kappa shape index (κ2) is 9.18. The monoisotopic (exact) mass is 401 g/mol. The number of nitrogens with one attached hydrogen (secondary N) is 2. The predicted molar refractivity (Wildman–Crippen MR) is 124 cm³/mol. The molecule has 3 aromatic rings. The van der Waals surface area contributed by atoms with Gasteiger partial charge in [0.15, 0.2) is 0 Å². The number of hydrogen-bond acceptors (Lipinski definition) is 3. The van der Waals surface area contributed by atoms with E-state index in [9.17, 15) is 5.11 Å². The fourth-order valence-electron chi connectivity index (χ4n) is 3.22. The molecule has 0 radical (unpaired) electrons. The van der Waals surface area contributed by atoms with Crippen LogP contribution in [0.3, 0.4) is 0 Å². The number of fused-ring (bicyclic) bond motifs is 1. The number of rotatable bonds is 5. The molecule has 0 unspecified atom stereocenters. The first-order chi connectivity index (χ1) is 14.4. The minimum atomic E-state index is 0.0247. The van der Waals surface area contributed by atoms with Gasteiger partial charge in [-0.15, -0.1) is 0 Å². The minimum Gasteiger partial charge on any atom is -0.496 e. The molecule has 3 N–H and O–H groups in total. The Hall–Kier alpha value is -3.73. The van der Waals surface area contributed by atoms with Crippen molar-refractivity contribution in [1.29, 1.82) is 0 Å². The molecule has 0 aliphatic rings. The molecule has 0 aliphatic heterocycles. The second-order valence-electron chi connectivity index (χ2n) is 7.17. The first-order valence-electron chi connectivity index (χ1n) is 9.69. The summed E-state index contributed by atoms with van der Waals surface area (Å²) in [6.07, 6.45) is 11.4. The zero-order chi connectivity index (χ0) is 21.7. The van der Waals surface area contributed by atoms with Gasteiger partial charge in [0.1, 0.15) is 5.75 Å². The summed E-state index contributed by atoms with van der Waals surface area (Å²) in [5.74, 6) is 0.795. The largest absolute Gasteiger partial charge is 0.496 e. The number of allylic oxidation sites excluding steroid dienone is 4. The highest BCUT2D eigenvalue weighted by molar-refractivity contribution is 6.00. The number of methoxy groups -OCH3 is 1. The van der Waals surface area contributed by atoms with E-state index in [0.29, 0.717) is 5.56 Å². The number of aromatic nitrogens is 3. The van der Waals surface area contributed by atoms with Gasteiger partial charge in [-0.1, -0.05) is 42.5 Å². The zero-order valence-corrected chi connectivity index (χ0v) is 17.8. The quantitative estimate of drug-likeness (QED) is 0.448. The molecule has 30 heavy (non-hydrogen) atoms. The normalized spacial score (nSPS) is 11.7. The van der Waals surface area contributed by atoms with E-state index in [1.807, 2.05) is 75.5 Å². The molecule has 2 aromatic heterocycles. The van der Waals surface area contributed by atoms with Crippen molar-refractivity contribution in [3.05, 3.63) is 83.7 Å². The highest BCUT2D eigenvalue weighted by atomic mass is 16.5. The first kappa shape index (κ1) is 21.0. The van der Waals surface area contributed by atoms with Crippen molar-refractivity contribution < 1.29 is 9.84 Å². The lowest BCUT2D eigenvalue weighted by molar-refractivity contribution is 0.416. The molecule has 154 valence electrons. The first-order valence-corrected chi connectivity index (χ1v) is 9.69. The van der Waals surface area contributed by atoms with Crippen LogP contribution in [0.5, 0.6) is 11.6 Å². The van der Waals surface area contributed by atoms with Gasteiger partial charge in [0.2, 0.25) is 5.88 Å². The average molecular weight is 402 g/mol. The summed E-state index contributed by atoms with van der Waals surface area (Å²) in [6.45, 7) is 9.72. The van der Waals surface area contributed by atoms with E-state index in [2.05, 4.69) is 16.8 Å². The van der Waals surface area contributed by atoms with Gasteiger partial charge in [0, 0.05) is 28.9 Å². The lowest BCUT2D eigenvalue weighted by Crippen LogP contribution is -1.95. The van der Waals surface area contributed by atoms with Gasteiger partial charge in [0.25, 0.3) is 0 Å². The Balaban J connectivity index is 2.26. The van der Waals surface area contributed by atoms with Gasteiger partial charge in [-0.25, -0.2) is 0 Å². The molecule has 2 heterocycles. The number of aryl methyl sites for hydroxylation is 2. The molecule has 0 saturated heterocycles. The highest BCUT2D eigenvalue weighted by Gasteiger charge is 2.15. The Morgan fingerprint density at radius 1 is 1.20 bits per heavy atom. The molecule has 0 aliphatic carbocycles. The topological polar surface area (TPSA) is 73.9 Å². The number of ether oxygens (including phenoxy) is 1. The Morgan fingerprint density at radius 2 is 2.00 bits per heavy atom. The van der Waals surface area contributed by atoms with Crippen LogP contribution in [0.2, 0.25) is 0 Å². The van der Waals surface area contributed by atoms with Crippen molar-refractivity contribution in [1.82, 2.24) is 15.2 Å². The Kier molecular flexibility index (Phi) is 6.42. The standard InChI is InChI=1S/C25H27N3O2/c1-6-16(2)8-7-9-19-13-22-23(26-15-19)21(12-18(4)24(22)30-5)20-11-10-17(3)14-27-28-25(20)29/h6-15,27-29H,1H2,2-5H3/b9-7+,11-10?,16-8-,17-14?,25-20?. The molecule has 5 heteroatoms. The maximum atomic E-state index is 10.6. The van der Waals surface area contributed by atoms with Gasteiger partial charge in [-0.2, -0.15) is 0 Å². The van der Waals surface area contributed by atoms with E-state index < -0.39 is 0 Å². The number of hydrogen-bond donors (Lipinski definition) is 3. The van der Waals surface area contributed by atoms with Crippen molar-refractivity contribution in [2.45, 2.75) is 20.8 Å². The molecular weight excluding hydrogens is 374 g/mol. The van der Waals surface area contributed by atoms with Gasteiger partial charge in [-0.3, -0.25) is 10.1 Å².